The number of nitrogens with zero attached hydrogens (tertiary/aromatic N) is 2. The van der Waals surface area contributed by atoms with Crippen LogP contribution >= 0.6 is 0 Å². The Morgan fingerprint density at radius 1 is 1.11 bits per heavy atom. The molecule has 0 saturated heterocycles. The zero-order chi connectivity index (χ0) is 14.0. The van der Waals surface area contributed by atoms with Gasteiger partial charge in [-0.25, -0.2) is 8.78 Å². The van der Waals surface area contributed by atoms with Crippen LogP contribution in [0, 0.1) is 11.6 Å². The predicted molar refractivity (Wildman–Crippen MR) is 66.2 cm³/mol. The summed E-state index contributed by atoms with van der Waals surface area (Å²) in [6.07, 6.45) is 0. The number of halogens is 2. The van der Waals surface area contributed by atoms with E-state index in [0.29, 0.717) is 12.4 Å². The summed E-state index contributed by atoms with van der Waals surface area (Å²) in [7, 11) is 0. The molecule has 0 spiro atoms. The summed E-state index contributed by atoms with van der Waals surface area (Å²) in [5.74, 6) is -0.885. The molecule has 0 aliphatic rings. The molecular formula is C13H15F2N3O. The molecule has 0 atom stereocenters. The highest BCUT2D eigenvalue weighted by atomic mass is 19.1. The Balaban J connectivity index is 2.16. The summed E-state index contributed by atoms with van der Waals surface area (Å²) in [6, 6.07) is 3.09. The first-order valence-corrected chi connectivity index (χ1v) is 5.87. The third kappa shape index (κ3) is 3.82. The van der Waals surface area contributed by atoms with Crippen molar-refractivity contribution in [3.05, 3.63) is 35.7 Å². The van der Waals surface area contributed by atoms with Gasteiger partial charge in [-0.3, -0.25) is 0 Å². The summed E-state index contributed by atoms with van der Waals surface area (Å²) in [4.78, 5) is 0. The van der Waals surface area contributed by atoms with Crippen LogP contribution in [0.5, 0.6) is 0 Å². The van der Waals surface area contributed by atoms with Crippen molar-refractivity contribution in [2.24, 2.45) is 0 Å². The molecule has 4 nitrogen and oxygen atoms in total. The maximum Gasteiger partial charge on any atom is 0.248 e. The Morgan fingerprint density at radius 2 is 1.74 bits per heavy atom. The number of benzene rings is 1. The Bertz CT molecular complexity index is 555. The Hall–Kier alpha value is -1.82. The molecule has 1 aromatic carbocycles. The smallest absolute Gasteiger partial charge is 0.248 e. The van der Waals surface area contributed by atoms with Crippen LogP contribution in [0.1, 0.15) is 26.7 Å². The molecule has 0 aliphatic carbocycles. The highest BCUT2D eigenvalue weighted by molar-refractivity contribution is 5.52. The van der Waals surface area contributed by atoms with Crippen LogP contribution in [0.3, 0.4) is 0 Å². The molecule has 2 rings (SSSR count). The standard InChI is InChI=1S/C13H15F2N3O/c1-13(2,3)16-7-11-17-18-12(19-11)8-4-9(14)6-10(15)5-8/h4-6,16H,7H2,1-3H3. The summed E-state index contributed by atoms with van der Waals surface area (Å²) >= 11 is 0. The quantitative estimate of drug-likeness (QED) is 0.929. The number of nitrogens with one attached hydrogen (secondary N) is 1. The number of hydrogen-bond acceptors (Lipinski definition) is 4. The van der Waals surface area contributed by atoms with Crippen molar-refractivity contribution in [3.63, 3.8) is 0 Å². The Kier molecular flexibility index (Phi) is 3.61. The highest BCUT2D eigenvalue weighted by Crippen LogP contribution is 2.20. The molecule has 0 saturated carbocycles. The van der Waals surface area contributed by atoms with Gasteiger partial charge in [0.05, 0.1) is 6.54 Å². The second-order valence-corrected chi connectivity index (χ2v) is 5.26. The van der Waals surface area contributed by atoms with E-state index in [9.17, 15) is 8.78 Å². The number of hydrogen-bond donors (Lipinski definition) is 1. The lowest BCUT2D eigenvalue weighted by atomic mass is 10.1. The molecule has 0 fully saturated rings. The van der Waals surface area contributed by atoms with E-state index in [4.69, 9.17) is 4.42 Å². The fourth-order valence-electron chi connectivity index (χ4n) is 1.46. The van der Waals surface area contributed by atoms with Crippen molar-refractivity contribution in [3.8, 4) is 11.5 Å². The van der Waals surface area contributed by atoms with E-state index >= 15 is 0 Å². The third-order valence-electron chi connectivity index (χ3n) is 2.35. The van der Waals surface area contributed by atoms with Crippen molar-refractivity contribution in [1.29, 1.82) is 0 Å². The van der Waals surface area contributed by atoms with E-state index in [1.54, 1.807) is 0 Å². The summed E-state index contributed by atoms with van der Waals surface area (Å²) in [6.45, 7) is 6.42. The molecule has 0 bridgehead atoms. The second-order valence-electron chi connectivity index (χ2n) is 5.26. The highest BCUT2D eigenvalue weighted by Gasteiger charge is 2.14. The van der Waals surface area contributed by atoms with Crippen LogP contribution in [0.4, 0.5) is 8.78 Å². The fourth-order valence-corrected chi connectivity index (χ4v) is 1.46. The minimum atomic E-state index is -0.678. The Labute approximate surface area is 109 Å². The lowest BCUT2D eigenvalue weighted by Crippen LogP contribution is -2.35. The third-order valence-corrected chi connectivity index (χ3v) is 2.35. The molecule has 1 heterocycles. The zero-order valence-electron chi connectivity index (χ0n) is 11.0. The molecule has 1 aromatic heterocycles. The van der Waals surface area contributed by atoms with Crippen LogP contribution in [0.15, 0.2) is 22.6 Å². The first-order chi connectivity index (χ1) is 8.83. The largest absolute Gasteiger partial charge is 0.419 e. The first kappa shape index (κ1) is 13.6. The van der Waals surface area contributed by atoms with Crippen molar-refractivity contribution in [2.45, 2.75) is 32.9 Å². The number of rotatable bonds is 3. The van der Waals surface area contributed by atoms with Gasteiger partial charge >= 0.3 is 0 Å². The van der Waals surface area contributed by atoms with Gasteiger partial charge in [0.1, 0.15) is 11.6 Å². The summed E-state index contributed by atoms with van der Waals surface area (Å²) in [5, 5.41) is 10.8. The van der Waals surface area contributed by atoms with Crippen molar-refractivity contribution >= 4 is 0 Å². The SMILES string of the molecule is CC(C)(C)NCc1nnc(-c2cc(F)cc(F)c2)o1. The molecular weight excluding hydrogens is 252 g/mol. The van der Waals surface area contributed by atoms with Crippen molar-refractivity contribution < 1.29 is 13.2 Å². The topological polar surface area (TPSA) is 51.0 Å². The summed E-state index contributed by atoms with van der Waals surface area (Å²) < 4.78 is 31.5. The molecule has 6 heteroatoms. The van der Waals surface area contributed by atoms with Crippen LogP contribution in [0.25, 0.3) is 11.5 Å². The van der Waals surface area contributed by atoms with Crippen molar-refractivity contribution in [2.75, 3.05) is 0 Å². The minimum absolute atomic E-state index is 0.0837. The normalized spacial score (nSPS) is 11.8. The average molecular weight is 267 g/mol. The zero-order valence-corrected chi connectivity index (χ0v) is 11.0. The van der Waals surface area contributed by atoms with Crippen LogP contribution in [0.2, 0.25) is 0 Å². The van der Waals surface area contributed by atoms with Gasteiger partial charge in [0.2, 0.25) is 11.8 Å². The molecule has 0 amide bonds. The minimum Gasteiger partial charge on any atom is -0.419 e. The van der Waals surface area contributed by atoms with E-state index in [-0.39, 0.29) is 17.0 Å². The Morgan fingerprint density at radius 3 is 2.32 bits per heavy atom. The molecule has 0 aliphatic heterocycles. The van der Waals surface area contributed by atoms with Crippen LogP contribution < -0.4 is 5.32 Å². The maximum absolute atomic E-state index is 13.1. The van der Waals surface area contributed by atoms with Gasteiger partial charge in [-0.05, 0) is 32.9 Å². The maximum atomic E-state index is 13.1. The van der Waals surface area contributed by atoms with Gasteiger partial charge in [-0.2, -0.15) is 0 Å². The molecule has 0 unspecified atom stereocenters. The van der Waals surface area contributed by atoms with E-state index < -0.39 is 11.6 Å². The van der Waals surface area contributed by atoms with Gasteiger partial charge in [0.25, 0.3) is 0 Å². The molecule has 1 N–H and O–H groups in total. The molecule has 2 aromatic rings. The molecule has 102 valence electrons. The van der Waals surface area contributed by atoms with E-state index in [2.05, 4.69) is 15.5 Å². The lowest BCUT2D eigenvalue weighted by molar-refractivity contribution is 0.383. The monoisotopic (exact) mass is 267 g/mol. The average Bonchev–Trinajstić information content (AvgIpc) is 2.72. The van der Waals surface area contributed by atoms with Gasteiger partial charge in [0.15, 0.2) is 0 Å². The van der Waals surface area contributed by atoms with Gasteiger partial charge in [-0.1, -0.05) is 0 Å². The molecule has 0 radical (unpaired) electrons. The van der Waals surface area contributed by atoms with E-state index in [1.807, 2.05) is 20.8 Å². The summed E-state index contributed by atoms with van der Waals surface area (Å²) in [5.41, 5.74) is 0.145. The predicted octanol–water partition coefficient (Wildman–Crippen LogP) is 2.90. The fraction of sp³-hybridized carbons (Fsp3) is 0.385. The lowest BCUT2D eigenvalue weighted by Gasteiger charge is -2.18. The number of aromatic nitrogens is 2. The molecule has 19 heavy (non-hydrogen) atoms. The van der Waals surface area contributed by atoms with Crippen LogP contribution in [-0.4, -0.2) is 15.7 Å². The second kappa shape index (κ2) is 5.05. The van der Waals surface area contributed by atoms with Gasteiger partial charge in [0, 0.05) is 17.2 Å². The van der Waals surface area contributed by atoms with Crippen LogP contribution in [-0.2, 0) is 6.54 Å². The van der Waals surface area contributed by atoms with Gasteiger partial charge in [-0.15, -0.1) is 10.2 Å². The first-order valence-electron chi connectivity index (χ1n) is 5.87. The van der Waals surface area contributed by atoms with Crippen molar-refractivity contribution in [1.82, 2.24) is 15.5 Å². The van der Waals surface area contributed by atoms with E-state index in [1.165, 1.54) is 0 Å². The van der Waals surface area contributed by atoms with Gasteiger partial charge < -0.3 is 9.73 Å². The van der Waals surface area contributed by atoms with E-state index in [0.717, 1.165) is 18.2 Å².